The summed E-state index contributed by atoms with van der Waals surface area (Å²) in [7, 11) is -4.04. The molecule has 0 radical (unpaired) electrons. The number of aliphatic hydroxyl groups is 1. The Hall–Kier alpha value is -2.82. The second kappa shape index (κ2) is 8.50. The molecule has 1 amide bonds. The highest BCUT2D eigenvalue weighted by molar-refractivity contribution is 7.89. The molecule has 0 saturated carbocycles. The van der Waals surface area contributed by atoms with Gasteiger partial charge in [0.15, 0.2) is 0 Å². The minimum atomic E-state index is -4.04. The van der Waals surface area contributed by atoms with E-state index in [0.29, 0.717) is 11.3 Å². The van der Waals surface area contributed by atoms with Crippen molar-refractivity contribution in [2.45, 2.75) is 43.9 Å². The van der Waals surface area contributed by atoms with Crippen LogP contribution in [0.2, 0.25) is 0 Å². The Morgan fingerprint density at radius 3 is 2.43 bits per heavy atom. The van der Waals surface area contributed by atoms with Crippen LogP contribution in [0.5, 0.6) is 0 Å². The van der Waals surface area contributed by atoms with Gasteiger partial charge in [0.2, 0.25) is 15.9 Å². The predicted octanol–water partition coefficient (Wildman–Crippen LogP) is 1.92. The summed E-state index contributed by atoms with van der Waals surface area (Å²) in [4.78, 5) is 19.7. The summed E-state index contributed by atoms with van der Waals surface area (Å²) in [5.74, 6) is -0.916. The molecule has 0 saturated heterocycles. The molecular weight excluding hydrogens is 411 g/mol. The van der Waals surface area contributed by atoms with Crippen molar-refractivity contribution < 1.29 is 22.7 Å². The molecule has 0 spiro atoms. The highest BCUT2D eigenvalue weighted by Gasteiger charge is 2.31. The van der Waals surface area contributed by atoms with E-state index in [4.69, 9.17) is 0 Å². The Bertz CT molecular complexity index is 1160. The van der Waals surface area contributed by atoms with Gasteiger partial charge in [0, 0.05) is 0 Å². The first-order valence-electron chi connectivity index (χ1n) is 9.30. The van der Waals surface area contributed by atoms with E-state index in [2.05, 4.69) is 20.0 Å². The molecule has 10 heteroatoms. The summed E-state index contributed by atoms with van der Waals surface area (Å²) in [6, 6.07) is 8.42. The smallest absolute Gasteiger partial charge is 0.241 e. The van der Waals surface area contributed by atoms with Crippen molar-refractivity contribution in [1.82, 2.24) is 20.0 Å². The quantitative estimate of drug-likeness (QED) is 0.452. The number of nitrogens with zero attached hydrogens (tertiary/aromatic N) is 1. The van der Waals surface area contributed by atoms with Crippen molar-refractivity contribution in [3.63, 3.8) is 0 Å². The van der Waals surface area contributed by atoms with Crippen LogP contribution in [0, 0.1) is 12.7 Å². The summed E-state index contributed by atoms with van der Waals surface area (Å²) in [5.41, 5.74) is 1.49. The van der Waals surface area contributed by atoms with Crippen LogP contribution in [0.4, 0.5) is 4.39 Å². The fourth-order valence-corrected chi connectivity index (χ4v) is 4.18. The first kappa shape index (κ1) is 21.9. The van der Waals surface area contributed by atoms with Gasteiger partial charge in [0.25, 0.3) is 0 Å². The lowest BCUT2D eigenvalue weighted by molar-refractivity contribution is -0.125. The molecule has 8 nitrogen and oxygen atoms in total. The van der Waals surface area contributed by atoms with E-state index in [1.54, 1.807) is 25.1 Å². The molecule has 30 heavy (non-hydrogen) atoms. The first-order chi connectivity index (χ1) is 14.1. The summed E-state index contributed by atoms with van der Waals surface area (Å²) in [5, 5.41) is 12.6. The van der Waals surface area contributed by atoms with Crippen molar-refractivity contribution in [1.29, 1.82) is 0 Å². The highest BCUT2D eigenvalue weighted by Crippen LogP contribution is 2.19. The standard InChI is InChI=1S/C20H23FN4O4S/c1-11-7-9-14(10-8-11)30(28,29)25-17(13(3)26)20(27)22-12(2)19-23-16-6-4-5-15(21)18(16)24-19/h4-10,12-13,17,25-26H,1-3H3,(H,22,27)(H,23,24)/t12-,13+,17-/m0/s1. The number of aromatic nitrogens is 2. The van der Waals surface area contributed by atoms with E-state index in [9.17, 15) is 22.7 Å². The average molecular weight is 434 g/mol. The molecule has 0 bridgehead atoms. The molecule has 2 aromatic carbocycles. The summed E-state index contributed by atoms with van der Waals surface area (Å²) >= 11 is 0. The van der Waals surface area contributed by atoms with Crippen LogP contribution in [0.3, 0.4) is 0 Å². The lowest BCUT2D eigenvalue weighted by Crippen LogP contribution is -2.52. The number of hydrogen-bond donors (Lipinski definition) is 4. The number of aryl methyl sites for hydroxylation is 1. The van der Waals surface area contributed by atoms with E-state index in [0.717, 1.165) is 5.56 Å². The molecule has 3 aromatic rings. The van der Waals surface area contributed by atoms with Crippen molar-refractivity contribution in [3.8, 4) is 0 Å². The number of imidazole rings is 1. The van der Waals surface area contributed by atoms with Gasteiger partial charge < -0.3 is 15.4 Å². The van der Waals surface area contributed by atoms with Crippen molar-refractivity contribution >= 4 is 27.0 Å². The van der Waals surface area contributed by atoms with E-state index in [-0.39, 0.29) is 10.4 Å². The second-order valence-corrected chi connectivity index (χ2v) is 8.85. The number of H-pyrrole nitrogens is 1. The number of carbonyl (C=O) groups excluding carboxylic acids is 1. The van der Waals surface area contributed by atoms with Crippen molar-refractivity contribution in [2.24, 2.45) is 0 Å². The number of sulfonamides is 1. The maximum absolute atomic E-state index is 13.9. The lowest BCUT2D eigenvalue weighted by atomic mass is 10.1. The summed E-state index contributed by atoms with van der Waals surface area (Å²) < 4.78 is 41.3. The molecule has 160 valence electrons. The van der Waals surface area contributed by atoms with Gasteiger partial charge in [-0.05, 0) is 45.0 Å². The van der Waals surface area contributed by atoms with Gasteiger partial charge in [-0.3, -0.25) is 4.79 Å². The zero-order chi connectivity index (χ0) is 22.1. The molecule has 1 aromatic heterocycles. The Kier molecular flexibility index (Phi) is 6.20. The maximum Gasteiger partial charge on any atom is 0.241 e. The zero-order valence-corrected chi connectivity index (χ0v) is 17.5. The fraction of sp³-hybridized carbons (Fsp3) is 0.300. The van der Waals surface area contributed by atoms with E-state index in [1.165, 1.54) is 31.2 Å². The third-order valence-corrected chi connectivity index (χ3v) is 6.09. The third kappa shape index (κ3) is 4.66. The lowest BCUT2D eigenvalue weighted by Gasteiger charge is -2.22. The van der Waals surface area contributed by atoms with E-state index >= 15 is 0 Å². The number of fused-ring (bicyclic) bond motifs is 1. The number of nitrogens with one attached hydrogen (secondary N) is 3. The fourth-order valence-electron chi connectivity index (χ4n) is 2.92. The van der Waals surface area contributed by atoms with Gasteiger partial charge in [-0.15, -0.1) is 0 Å². The van der Waals surface area contributed by atoms with Gasteiger partial charge in [0.05, 0.1) is 22.6 Å². The average Bonchev–Trinajstić information content (AvgIpc) is 3.12. The summed E-state index contributed by atoms with van der Waals surface area (Å²) in [6.45, 7) is 4.74. The molecule has 3 rings (SSSR count). The topological polar surface area (TPSA) is 124 Å². The first-order valence-corrected chi connectivity index (χ1v) is 10.8. The van der Waals surface area contributed by atoms with Gasteiger partial charge in [-0.2, -0.15) is 4.72 Å². The predicted molar refractivity (Wildman–Crippen MR) is 110 cm³/mol. The number of para-hydroxylation sites is 1. The zero-order valence-electron chi connectivity index (χ0n) is 16.7. The molecule has 0 fully saturated rings. The second-order valence-electron chi connectivity index (χ2n) is 7.14. The Labute approximate surface area is 173 Å². The molecule has 0 aliphatic carbocycles. The number of aliphatic hydroxyl groups excluding tert-OH is 1. The minimum absolute atomic E-state index is 0.0210. The number of aromatic amines is 1. The number of halogens is 1. The molecule has 0 aliphatic heterocycles. The van der Waals surface area contributed by atoms with Crippen molar-refractivity contribution in [2.75, 3.05) is 0 Å². The normalized spacial score (nSPS) is 15.0. The van der Waals surface area contributed by atoms with Crippen molar-refractivity contribution in [3.05, 3.63) is 59.7 Å². The van der Waals surface area contributed by atoms with E-state index in [1.807, 2.05) is 6.92 Å². The Balaban J connectivity index is 1.77. The minimum Gasteiger partial charge on any atom is -0.391 e. The van der Waals surface area contributed by atoms with Crippen LogP contribution < -0.4 is 10.0 Å². The van der Waals surface area contributed by atoms with Gasteiger partial charge in [-0.1, -0.05) is 23.8 Å². The maximum atomic E-state index is 13.9. The summed E-state index contributed by atoms with van der Waals surface area (Å²) in [6.07, 6.45) is -1.30. The van der Waals surface area contributed by atoms with Crippen LogP contribution in [0.1, 0.15) is 31.3 Å². The highest BCUT2D eigenvalue weighted by atomic mass is 32.2. The monoisotopic (exact) mass is 434 g/mol. The number of rotatable bonds is 7. The van der Waals surface area contributed by atoms with Gasteiger partial charge in [0.1, 0.15) is 23.2 Å². The number of hydrogen-bond acceptors (Lipinski definition) is 5. The molecule has 4 N–H and O–H groups in total. The Morgan fingerprint density at radius 1 is 1.17 bits per heavy atom. The largest absolute Gasteiger partial charge is 0.391 e. The molecule has 0 aliphatic rings. The number of amides is 1. The van der Waals surface area contributed by atoms with Crippen LogP contribution in [0.25, 0.3) is 11.0 Å². The van der Waals surface area contributed by atoms with Crippen LogP contribution in [0.15, 0.2) is 47.4 Å². The molecule has 1 heterocycles. The van der Waals surface area contributed by atoms with Crippen LogP contribution in [-0.4, -0.2) is 41.5 Å². The van der Waals surface area contributed by atoms with Crippen LogP contribution in [-0.2, 0) is 14.8 Å². The van der Waals surface area contributed by atoms with E-state index < -0.39 is 39.9 Å². The molecular formula is C20H23FN4O4S. The van der Waals surface area contributed by atoms with Gasteiger partial charge >= 0.3 is 0 Å². The number of carbonyl (C=O) groups is 1. The van der Waals surface area contributed by atoms with Gasteiger partial charge in [-0.25, -0.2) is 17.8 Å². The third-order valence-electron chi connectivity index (χ3n) is 4.63. The SMILES string of the molecule is Cc1ccc(S(=O)(=O)N[C@H](C(=O)N[C@@H](C)c2nc3cccc(F)c3[nH]2)[C@@H](C)O)cc1. The van der Waals surface area contributed by atoms with Crippen LogP contribution >= 0.6 is 0 Å². The molecule has 0 unspecified atom stereocenters. The Morgan fingerprint density at radius 2 is 1.83 bits per heavy atom. The number of benzene rings is 2. The molecule has 3 atom stereocenters.